The molecule has 2 unspecified atom stereocenters. The number of nitriles is 1. The van der Waals surface area contributed by atoms with Crippen molar-refractivity contribution in [3.05, 3.63) is 0 Å². The summed E-state index contributed by atoms with van der Waals surface area (Å²) in [4.78, 5) is 2.64. The van der Waals surface area contributed by atoms with Crippen molar-refractivity contribution >= 4 is 0 Å². The number of hydrogen-bond donors (Lipinski definition) is 1. The highest BCUT2D eigenvalue weighted by atomic mass is 15.2. The van der Waals surface area contributed by atoms with Crippen LogP contribution in [0.2, 0.25) is 0 Å². The molecule has 0 radical (unpaired) electrons. The van der Waals surface area contributed by atoms with Crippen LogP contribution in [0.4, 0.5) is 0 Å². The van der Waals surface area contributed by atoms with E-state index in [0.717, 1.165) is 37.8 Å². The van der Waals surface area contributed by atoms with E-state index < -0.39 is 0 Å². The Balaban J connectivity index is 2.47. The van der Waals surface area contributed by atoms with Crippen LogP contribution in [0, 0.1) is 17.2 Å². The summed E-state index contributed by atoms with van der Waals surface area (Å²) in [5.74, 6) is 0.748. The molecule has 0 spiro atoms. The molecular formula is C17H33N3. The zero-order chi connectivity index (χ0) is 15.2. The molecule has 20 heavy (non-hydrogen) atoms. The fourth-order valence-electron chi connectivity index (χ4n) is 3.54. The highest BCUT2D eigenvalue weighted by Crippen LogP contribution is 2.25. The van der Waals surface area contributed by atoms with Crippen LogP contribution in [0.5, 0.6) is 0 Å². The molecule has 1 aliphatic heterocycles. The van der Waals surface area contributed by atoms with Gasteiger partial charge in [-0.2, -0.15) is 5.26 Å². The van der Waals surface area contributed by atoms with Crippen molar-refractivity contribution in [1.82, 2.24) is 10.2 Å². The number of hydrogen-bond acceptors (Lipinski definition) is 3. The van der Waals surface area contributed by atoms with Gasteiger partial charge in [0.15, 0.2) is 0 Å². The fourth-order valence-corrected chi connectivity index (χ4v) is 3.54. The minimum absolute atomic E-state index is 0.332. The molecule has 1 aliphatic rings. The second-order valence-corrected chi connectivity index (χ2v) is 6.94. The van der Waals surface area contributed by atoms with Gasteiger partial charge in [0.25, 0.3) is 0 Å². The summed E-state index contributed by atoms with van der Waals surface area (Å²) in [7, 11) is 0. The van der Waals surface area contributed by atoms with Crippen molar-refractivity contribution in [3.63, 3.8) is 0 Å². The van der Waals surface area contributed by atoms with Gasteiger partial charge in [0.1, 0.15) is 5.54 Å². The molecule has 1 saturated heterocycles. The van der Waals surface area contributed by atoms with E-state index in [9.17, 15) is 5.26 Å². The molecule has 0 bridgehead atoms. The van der Waals surface area contributed by atoms with Gasteiger partial charge >= 0.3 is 0 Å². The van der Waals surface area contributed by atoms with Crippen LogP contribution < -0.4 is 5.32 Å². The lowest BCUT2D eigenvalue weighted by Crippen LogP contribution is -2.47. The van der Waals surface area contributed by atoms with E-state index in [1.54, 1.807) is 0 Å². The van der Waals surface area contributed by atoms with E-state index in [2.05, 4.69) is 50.9 Å². The van der Waals surface area contributed by atoms with Gasteiger partial charge in [0.2, 0.25) is 0 Å². The monoisotopic (exact) mass is 279 g/mol. The summed E-state index contributed by atoms with van der Waals surface area (Å²) < 4.78 is 0. The van der Waals surface area contributed by atoms with Gasteiger partial charge in [-0.15, -0.1) is 0 Å². The Bertz CT molecular complexity index is 319. The minimum Gasteiger partial charge on any atom is -0.300 e. The molecule has 0 amide bonds. The van der Waals surface area contributed by atoms with E-state index in [-0.39, 0.29) is 5.54 Å². The quantitative estimate of drug-likeness (QED) is 0.738. The van der Waals surface area contributed by atoms with Gasteiger partial charge in [-0.25, -0.2) is 0 Å². The highest BCUT2D eigenvalue weighted by molar-refractivity contribution is 5.07. The van der Waals surface area contributed by atoms with E-state index in [1.807, 2.05) is 0 Å². The zero-order valence-electron chi connectivity index (χ0n) is 14.1. The summed E-state index contributed by atoms with van der Waals surface area (Å²) in [5, 5.41) is 13.0. The summed E-state index contributed by atoms with van der Waals surface area (Å²) >= 11 is 0. The number of nitrogens with one attached hydrogen (secondary N) is 1. The second-order valence-electron chi connectivity index (χ2n) is 6.94. The predicted octanol–water partition coefficient (Wildman–Crippen LogP) is 3.56. The van der Waals surface area contributed by atoms with Crippen molar-refractivity contribution in [1.29, 1.82) is 5.26 Å². The van der Waals surface area contributed by atoms with Crippen LogP contribution in [0.15, 0.2) is 0 Å². The van der Waals surface area contributed by atoms with Gasteiger partial charge in [0, 0.05) is 12.1 Å². The smallest absolute Gasteiger partial charge is 0.106 e. The average Bonchev–Trinajstić information content (AvgIpc) is 2.85. The third-order valence-electron chi connectivity index (χ3n) is 4.62. The van der Waals surface area contributed by atoms with Crippen LogP contribution >= 0.6 is 0 Å². The second kappa shape index (κ2) is 8.00. The molecule has 0 aromatic carbocycles. The Hall–Kier alpha value is -0.590. The molecule has 1 rings (SSSR count). The van der Waals surface area contributed by atoms with Crippen LogP contribution in [-0.2, 0) is 0 Å². The lowest BCUT2D eigenvalue weighted by molar-refractivity contribution is 0.195. The summed E-state index contributed by atoms with van der Waals surface area (Å²) in [5.41, 5.74) is -0.332. The van der Waals surface area contributed by atoms with Crippen molar-refractivity contribution in [2.24, 2.45) is 5.92 Å². The SMILES string of the molecule is CCC(C#N)(CCCN1CCCC1C(C)C)NC(C)C. The average molecular weight is 279 g/mol. The van der Waals surface area contributed by atoms with E-state index >= 15 is 0 Å². The molecule has 1 N–H and O–H groups in total. The Labute approximate surface area is 125 Å². The lowest BCUT2D eigenvalue weighted by Gasteiger charge is -2.31. The Morgan fingerprint density at radius 3 is 2.55 bits per heavy atom. The molecule has 3 heteroatoms. The maximum Gasteiger partial charge on any atom is 0.106 e. The maximum absolute atomic E-state index is 9.53. The first kappa shape index (κ1) is 17.5. The topological polar surface area (TPSA) is 39.1 Å². The molecule has 116 valence electrons. The highest BCUT2D eigenvalue weighted by Gasteiger charge is 2.30. The molecular weight excluding hydrogens is 246 g/mol. The Kier molecular flexibility index (Phi) is 6.99. The minimum atomic E-state index is -0.332. The molecule has 2 atom stereocenters. The van der Waals surface area contributed by atoms with E-state index in [4.69, 9.17) is 0 Å². The van der Waals surface area contributed by atoms with Crippen LogP contribution in [0.3, 0.4) is 0 Å². The number of rotatable bonds is 8. The van der Waals surface area contributed by atoms with Gasteiger partial charge in [-0.05, 0) is 65.0 Å². The van der Waals surface area contributed by atoms with Crippen LogP contribution in [0.25, 0.3) is 0 Å². The first-order valence-corrected chi connectivity index (χ1v) is 8.37. The summed E-state index contributed by atoms with van der Waals surface area (Å²) in [6.07, 6.45) is 5.64. The molecule has 1 fully saturated rings. The third kappa shape index (κ3) is 4.75. The van der Waals surface area contributed by atoms with E-state index in [0.29, 0.717) is 6.04 Å². The predicted molar refractivity (Wildman–Crippen MR) is 85.6 cm³/mol. The molecule has 0 aliphatic carbocycles. The Morgan fingerprint density at radius 1 is 1.35 bits per heavy atom. The van der Waals surface area contributed by atoms with Crippen molar-refractivity contribution in [2.75, 3.05) is 13.1 Å². The Morgan fingerprint density at radius 2 is 2.05 bits per heavy atom. The standard InChI is InChI=1S/C17H33N3/c1-6-17(13-18,19-15(4)5)10-8-12-20-11-7-9-16(20)14(2)3/h14-16,19H,6-12H2,1-5H3. The van der Waals surface area contributed by atoms with Crippen molar-refractivity contribution < 1.29 is 0 Å². The zero-order valence-corrected chi connectivity index (χ0v) is 14.1. The van der Waals surface area contributed by atoms with Gasteiger partial charge in [-0.1, -0.05) is 20.8 Å². The van der Waals surface area contributed by atoms with Gasteiger partial charge < -0.3 is 4.90 Å². The molecule has 0 saturated carbocycles. The van der Waals surface area contributed by atoms with Crippen LogP contribution in [0.1, 0.15) is 66.7 Å². The maximum atomic E-state index is 9.53. The molecule has 3 nitrogen and oxygen atoms in total. The first-order valence-electron chi connectivity index (χ1n) is 8.37. The summed E-state index contributed by atoms with van der Waals surface area (Å²) in [6.45, 7) is 13.4. The fraction of sp³-hybridized carbons (Fsp3) is 0.941. The van der Waals surface area contributed by atoms with Crippen LogP contribution in [-0.4, -0.2) is 35.6 Å². The lowest BCUT2D eigenvalue weighted by atomic mass is 9.91. The number of nitrogens with zero attached hydrogens (tertiary/aromatic N) is 2. The third-order valence-corrected chi connectivity index (χ3v) is 4.62. The van der Waals surface area contributed by atoms with Crippen molar-refractivity contribution in [3.8, 4) is 6.07 Å². The molecule has 1 heterocycles. The molecule has 0 aromatic heterocycles. The summed E-state index contributed by atoms with van der Waals surface area (Å²) in [6, 6.07) is 3.65. The molecule has 0 aromatic rings. The van der Waals surface area contributed by atoms with Crippen molar-refractivity contribution in [2.45, 2.75) is 84.3 Å². The largest absolute Gasteiger partial charge is 0.300 e. The van der Waals surface area contributed by atoms with Gasteiger partial charge in [-0.3, -0.25) is 5.32 Å². The first-order chi connectivity index (χ1) is 9.44. The normalized spacial score (nSPS) is 23.2. The van der Waals surface area contributed by atoms with Gasteiger partial charge in [0.05, 0.1) is 6.07 Å². The van der Waals surface area contributed by atoms with E-state index in [1.165, 1.54) is 19.4 Å². The number of likely N-dealkylation sites (tertiary alicyclic amines) is 1.